The maximum atomic E-state index is 14.9. The monoisotopic (exact) mass is 772 g/mol. The van der Waals surface area contributed by atoms with Crippen molar-refractivity contribution in [2.24, 2.45) is 16.6 Å². The summed E-state index contributed by atoms with van der Waals surface area (Å²) in [5.74, 6) is -3.70. The van der Waals surface area contributed by atoms with Crippen molar-refractivity contribution in [1.82, 2.24) is 29.9 Å². The van der Waals surface area contributed by atoms with Gasteiger partial charge in [-0.3, -0.25) is 24.0 Å². The Hall–Kier alpha value is -4.83. The molecule has 3 saturated carbocycles. The number of carbonyl (C=O) groups is 5. The van der Waals surface area contributed by atoms with Gasteiger partial charge in [0.2, 0.25) is 21.7 Å². The Morgan fingerprint density at radius 2 is 1.62 bits per heavy atom. The van der Waals surface area contributed by atoms with Crippen LogP contribution in [0.15, 0.2) is 53.7 Å². The van der Waals surface area contributed by atoms with E-state index < -0.39 is 62.3 Å². The van der Waals surface area contributed by atoms with Gasteiger partial charge in [-0.2, -0.15) is 0 Å². The molecule has 7 rings (SSSR count). The van der Waals surface area contributed by atoms with Crippen LogP contribution in [0.2, 0.25) is 0 Å². The predicted molar refractivity (Wildman–Crippen MR) is 203 cm³/mol. The molecule has 292 valence electrons. The van der Waals surface area contributed by atoms with Gasteiger partial charge in [0.25, 0.3) is 17.7 Å². The van der Waals surface area contributed by atoms with Gasteiger partial charge in [0.15, 0.2) is 0 Å². The first-order valence-electron chi connectivity index (χ1n) is 19.4. The average Bonchev–Trinajstić information content (AvgIpc) is 3.81. The third-order valence-corrected chi connectivity index (χ3v) is 13.6. The van der Waals surface area contributed by atoms with Gasteiger partial charge in [-0.1, -0.05) is 86.9 Å². The van der Waals surface area contributed by atoms with Crippen LogP contribution in [-0.4, -0.2) is 86.8 Å². The van der Waals surface area contributed by atoms with Gasteiger partial charge in [-0.25, -0.2) is 22.8 Å². The van der Waals surface area contributed by atoms with Crippen molar-refractivity contribution in [3.63, 3.8) is 0 Å². The van der Waals surface area contributed by atoms with Gasteiger partial charge in [-0.15, -0.1) is 5.10 Å². The molecule has 1 saturated heterocycles. The van der Waals surface area contributed by atoms with Crippen molar-refractivity contribution >= 4 is 55.9 Å². The molecule has 0 bridgehead atoms. The molecule has 0 spiro atoms. The number of primary amides is 1. The average molecular weight is 773 g/mol. The number of benzene rings is 2. The van der Waals surface area contributed by atoms with Gasteiger partial charge in [0.1, 0.15) is 17.3 Å². The van der Waals surface area contributed by atoms with Crippen LogP contribution in [0.25, 0.3) is 10.8 Å². The predicted octanol–water partition coefficient (Wildman–Crippen LogP) is 3.28. The van der Waals surface area contributed by atoms with E-state index in [4.69, 9.17) is 5.73 Å². The highest BCUT2D eigenvalue weighted by molar-refractivity contribution is 7.90. The van der Waals surface area contributed by atoms with Gasteiger partial charge in [0.05, 0.1) is 29.7 Å². The summed E-state index contributed by atoms with van der Waals surface area (Å²) in [6.07, 6.45) is 10.2. The second-order valence-corrected chi connectivity index (χ2v) is 17.6. The topological polar surface area (TPSA) is 216 Å². The fourth-order valence-electron chi connectivity index (χ4n) is 8.47. The van der Waals surface area contributed by atoms with E-state index in [1.165, 1.54) is 15.8 Å². The van der Waals surface area contributed by atoms with Crippen LogP contribution in [0, 0.1) is 5.92 Å². The number of sulfonamides is 1. The number of aliphatic imine (C=N–C) groups is 1. The molecular formula is C39H48N8O7S. The van der Waals surface area contributed by atoms with Crippen molar-refractivity contribution < 1.29 is 32.4 Å². The van der Waals surface area contributed by atoms with Crippen molar-refractivity contribution in [1.29, 1.82) is 0 Å². The Kier molecular flexibility index (Phi) is 11.3. The molecule has 4 amide bonds. The van der Waals surface area contributed by atoms with E-state index in [0.717, 1.165) is 49.3 Å². The van der Waals surface area contributed by atoms with Crippen LogP contribution >= 0.6 is 0 Å². The Bertz CT molecular complexity index is 2120. The van der Waals surface area contributed by atoms with Crippen LogP contribution in [-0.2, 0) is 35.7 Å². The van der Waals surface area contributed by atoms with Gasteiger partial charge < -0.3 is 16.0 Å². The zero-order valence-electron chi connectivity index (χ0n) is 30.8. The first-order valence-corrected chi connectivity index (χ1v) is 20.9. The molecule has 2 atom stereocenters. The minimum atomic E-state index is -3.53. The summed E-state index contributed by atoms with van der Waals surface area (Å²) in [5, 5.41) is 12.5. The van der Waals surface area contributed by atoms with Gasteiger partial charge in [-0.05, 0) is 60.9 Å². The van der Waals surface area contributed by atoms with Gasteiger partial charge >= 0.3 is 0 Å². The number of hydrogen-bond donors (Lipinski definition) is 3. The summed E-state index contributed by atoms with van der Waals surface area (Å²) in [6, 6.07) is 11.1. The molecule has 15 nitrogen and oxygen atoms in total. The Morgan fingerprint density at radius 1 is 0.909 bits per heavy atom. The Morgan fingerprint density at radius 3 is 2.33 bits per heavy atom. The van der Waals surface area contributed by atoms with Crippen LogP contribution in [0.3, 0.4) is 0 Å². The Balaban J connectivity index is 1.22. The maximum Gasteiger partial charge on any atom is 0.287 e. The highest BCUT2D eigenvalue weighted by atomic mass is 32.2. The molecule has 2 heterocycles. The van der Waals surface area contributed by atoms with E-state index in [1.54, 1.807) is 12.1 Å². The first-order chi connectivity index (χ1) is 26.4. The summed E-state index contributed by atoms with van der Waals surface area (Å²) in [4.78, 5) is 74.4. The first kappa shape index (κ1) is 38.4. The lowest BCUT2D eigenvalue weighted by Gasteiger charge is -2.37. The summed E-state index contributed by atoms with van der Waals surface area (Å²) >= 11 is 0. The number of aromatic nitrogens is 3. The second-order valence-electron chi connectivity index (χ2n) is 15.6. The molecule has 4 fully saturated rings. The molecule has 0 radical (unpaired) electrons. The molecule has 1 aromatic heterocycles. The SMILES string of the molecule is NC(=O)C(=O)C1(NC(=O)[C@@H]2C[C@H](n3nncc3CNS(=O)(=O)C3CC3)CN2C(=O)/C(CC2CCCCC2)=N/C(=O)c2ccc3ccccc3c2)CCCCC1. The van der Waals surface area contributed by atoms with Gasteiger partial charge in [0, 0.05) is 18.5 Å². The standard InChI is InChI=1S/C39H48N8O7S/c40-35(49)34(48)39(17-7-2-8-18-39)44-37(51)33-21-29(47-30(22-41-45-47)23-42-55(53,54)31-15-16-31)24-46(33)38(52)32(19-25-9-3-1-4-10-25)43-36(50)28-14-13-26-11-5-6-12-27(26)20-28/h5-6,11-14,20,22,25,29,31,33,42H,1-4,7-10,15-19,21,23-24H2,(H2,40,49)(H,44,51)/b43-32+/t29-,33-/m0/s1. The number of nitrogens with two attached hydrogens (primary N) is 1. The molecule has 55 heavy (non-hydrogen) atoms. The zero-order chi connectivity index (χ0) is 38.7. The number of nitrogens with zero attached hydrogens (tertiary/aromatic N) is 5. The molecule has 2 aromatic carbocycles. The summed E-state index contributed by atoms with van der Waals surface area (Å²) in [5.41, 5.74) is 4.78. The number of likely N-dealkylation sites (tertiary alicyclic amines) is 1. The lowest BCUT2D eigenvalue weighted by Crippen LogP contribution is -2.62. The fourth-order valence-corrected chi connectivity index (χ4v) is 9.81. The summed E-state index contributed by atoms with van der Waals surface area (Å²) in [7, 11) is -3.53. The minimum Gasteiger partial charge on any atom is -0.363 e. The highest BCUT2D eigenvalue weighted by Gasteiger charge is 2.48. The van der Waals surface area contributed by atoms with E-state index in [9.17, 15) is 32.4 Å². The maximum absolute atomic E-state index is 14.9. The van der Waals surface area contributed by atoms with E-state index in [-0.39, 0.29) is 50.4 Å². The molecule has 3 aromatic rings. The van der Waals surface area contributed by atoms with E-state index in [1.807, 2.05) is 30.3 Å². The molecule has 16 heteroatoms. The molecule has 4 aliphatic rings. The van der Waals surface area contributed by atoms with Crippen molar-refractivity contribution in [2.45, 2.75) is 119 Å². The van der Waals surface area contributed by atoms with Crippen molar-refractivity contribution in [3.05, 3.63) is 59.9 Å². The third-order valence-electron chi connectivity index (χ3n) is 11.7. The zero-order valence-corrected chi connectivity index (χ0v) is 31.6. The smallest absolute Gasteiger partial charge is 0.287 e. The fraction of sp³-hybridized carbons (Fsp3) is 0.538. The number of amides is 4. The molecular weight excluding hydrogens is 725 g/mol. The van der Waals surface area contributed by atoms with Crippen LogP contribution in [0.1, 0.15) is 112 Å². The summed E-state index contributed by atoms with van der Waals surface area (Å²) in [6.45, 7) is -0.120. The van der Waals surface area contributed by atoms with E-state index >= 15 is 0 Å². The number of Topliss-reactive ketones (excluding diaryl/α,β-unsaturated/α-hetero) is 1. The van der Waals surface area contributed by atoms with Crippen molar-refractivity contribution in [3.8, 4) is 0 Å². The van der Waals surface area contributed by atoms with E-state index in [0.29, 0.717) is 36.9 Å². The largest absolute Gasteiger partial charge is 0.363 e. The number of carbonyl (C=O) groups excluding carboxylic acids is 5. The second kappa shape index (κ2) is 16.1. The van der Waals surface area contributed by atoms with Crippen LogP contribution < -0.4 is 15.8 Å². The lowest BCUT2D eigenvalue weighted by molar-refractivity contribution is -0.144. The quantitative estimate of drug-likeness (QED) is 0.171. The molecule has 1 aliphatic heterocycles. The normalized spacial score (nSPS) is 22.0. The number of rotatable bonds is 13. The third kappa shape index (κ3) is 8.54. The summed E-state index contributed by atoms with van der Waals surface area (Å²) < 4.78 is 29.4. The minimum absolute atomic E-state index is 0.0345. The number of hydrogen-bond acceptors (Lipinski definition) is 9. The number of ketones is 1. The van der Waals surface area contributed by atoms with Crippen LogP contribution in [0.5, 0.6) is 0 Å². The van der Waals surface area contributed by atoms with Crippen LogP contribution in [0.4, 0.5) is 0 Å². The van der Waals surface area contributed by atoms with Crippen molar-refractivity contribution in [2.75, 3.05) is 6.54 Å². The number of fused-ring (bicyclic) bond motifs is 1. The molecule has 3 aliphatic carbocycles. The molecule has 0 unspecified atom stereocenters. The Labute approximate surface area is 319 Å². The lowest BCUT2D eigenvalue weighted by atomic mass is 9.78. The van der Waals surface area contributed by atoms with E-state index in [2.05, 4.69) is 25.3 Å². The molecule has 4 N–H and O–H groups in total. The number of nitrogens with one attached hydrogen (secondary N) is 2. The highest BCUT2D eigenvalue weighted by Crippen LogP contribution is 2.34.